The Morgan fingerprint density at radius 2 is 1.71 bits per heavy atom. The van der Waals surface area contributed by atoms with E-state index in [1.54, 1.807) is 12.1 Å². The lowest BCUT2D eigenvalue weighted by Crippen LogP contribution is -2.38. The number of fused-ring (bicyclic) bond motifs is 1. The molecule has 31 heavy (non-hydrogen) atoms. The van der Waals surface area contributed by atoms with Crippen LogP contribution in [0.1, 0.15) is 18.4 Å². The fourth-order valence-electron chi connectivity index (χ4n) is 3.88. The minimum absolute atomic E-state index is 0.187. The van der Waals surface area contributed by atoms with E-state index in [1.807, 2.05) is 59.5 Å². The maximum atomic E-state index is 12.5. The molecule has 0 atom stereocenters. The molecule has 0 radical (unpaired) electrons. The molecule has 6 heteroatoms. The van der Waals surface area contributed by atoms with Crippen molar-refractivity contribution < 1.29 is 19.8 Å². The summed E-state index contributed by atoms with van der Waals surface area (Å²) in [5.74, 6) is -0.970. The maximum absolute atomic E-state index is 12.5. The lowest BCUT2D eigenvalue weighted by Gasteiger charge is -2.31. The minimum atomic E-state index is -1.01. The Labute approximate surface area is 180 Å². The number of aryl methyl sites for hydroxylation is 1. The van der Waals surface area contributed by atoms with Gasteiger partial charge in [0.2, 0.25) is 5.91 Å². The van der Waals surface area contributed by atoms with Crippen molar-refractivity contribution in [2.75, 3.05) is 18.0 Å². The number of phenols is 1. The van der Waals surface area contributed by atoms with Gasteiger partial charge in [0.05, 0.1) is 12.1 Å². The van der Waals surface area contributed by atoms with Crippen LogP contribution in [0.3, 0.4) is 0 Å². The first-order valence-electron chi connectivity index (χ1n) is 10.3. The van der Waals surface area contributed by atoms with Gasteiger partial charge in [-0.15, -0.1) is 0 Å². The molecule has 0 saturated carbocycles. The molecule has 1 heterocycles. The third-order valence-electron chi connectivity index (χ3n) is 5.54. The highest BCUT2D eigenvalue weighted by Crippen LogP contribution is 2.24. The Kier molecular flexibility index (Phi) is 5.89. The Morgan fingerprint density at radius 3 is 2.48 bits per heavy atom. The smallest absolute Gasteiger partial charge is 0.335 e. The van der Waals surface area contributed by atoms with Gasteiger partial charge in [-0.3, -0.25) is 4.79 Å². The van der Waals surface area contributed by atoms with E-state index in [0.29, 0.717) is 25.1 Å². The van der Waals surface area contributed by atoms with E-state index in [2.05, 4.69) is 5.32 Å². The van der Waals surface area contributed by atoms with E-state index in [0.717, 1.165) is 22.0 Å². The van der Waals surface area contributed by atoms with Crippen molar-refractivity contribution >= 4 is 28.3 Å². The Bertz CT molecular complexity index is 1150. The van der Waals surface area contributed by atoms with Crippen LogP contribution in [0, 0.1) is 0 Å². The molecule has 0 unspecified atom stereocenters. The van der Waals surface area contributed by atoms with Crippen LogP contribution in [0.4, 0.5) is 5.69 Å². The Balaban J connectivity index is 1.41. The second kappa shape index (κ2) is 8.92. The first kappa shape index (κ1) is 20.5. The van der Waals surface area contributed by atoms with Crippen molar-refractivity contribution in [2.45, 2.75) is 19.3 Å². The van der Waals surface area contributed by atoms with Gasteiger partial charge in [-0.1, -0.05) is 42.5 Å². The molecule has 3 aromatic carbocycles. The number of amides is 1. The number of para-hydroxylation sites is 1. The molecular weight excluding hydrogens is 392 g/mol. The fraction of sp³-hybridized carbons (Fsp3) is 0.200. The summed E-state index contributed by atoms with van der Waals surface area (Å²) in [5.41, 5.74) is 2.71. The zero-order valence-corrected chi connectivity index (χ0v) is 17.0. The number of hydrogen-bond acceptors (Lipinski definition) is 4. The van der Waals surface area contributed by atoms with E-state index < -0.39 is 5.97 Å². The molecule has 0 saturated heterocycles. The molecule has 6 nitrogen and oxygen atoms in total. The zero-order valence-electron chi connectivity index (χ0n) is 17.0. The molecular formula is C25H24N2O4. The topological polar surface area (TPSA) is 89.9 Å². The monoisotopic (exact) mass is 416 g/mol. The molecule has 4 rings (SSSR count). The van der Waals surface area contributed by atoms with E-state index in [1.165, 1.54) is 0 Å². The summed E-state index contributed by atoms with van der Waals surface area (Å²) in [7, 11) is 0. The summed E-state index contributed by atoms with van der Waals surface area (Å²) in [5, 5.41) is 24.0. The third kappa shape index (κ3) is 4.86. The quantitative estimate of drug-likeness (QED) is 0.568. The highest BCUT2D eigenvalue weighted by molar-refractivity contribution is 5.91. The molecule has 0 bridgehead atoms. The summed E-state index contributed by atoms with van der Waals surface area (Å²) >= 11 is 0. The van der Waals surface area contributed by atoms with Gasteiger partial charge in [0.25, 0.3) is 0 Å². The van der Waals surface area contributed by atoms with Gasteiger partial charge in [0, 0.05) is 30.8 Å². The molecule has 1 aliphatic heterocycles. The molecule has 3 N–H and O–H groups in total. The number of benzene rings is 3. The molecule has 0 spiro atoms. The summed E-state index contributed by atoms with van der Waals surface area (Å²) in [6, 6.07) is 20.7. The molecule has 0 aromatic heterocycles. The summed E-state index contributed by atoms with van der Waals surface area (Å²) in [6.45, 7) is 0.903. The number of carbonyl (C=O) groups excluding carboxylic acids is 1. The van der Waals surface area contributed by atoms with Crippen molar-refractivity contribution in [3.05, 3.63) is 83.6 Å². The average Bonchev–Trinajstić information content (AvgIpc) is 2.78. The lowest BCUT2D eigenvalue weighted by molar-refractivity contribution is -0.132. The van der Waals surface area contributed by atoms with Crippen LogP contribution in [0.25, 0.3) is 10.8 Å². The lowest BCUT2D eigenvalue weighted by atomic mass is 10.0. The first-order valence-corrected chi connectivity index (χ1v) is 10.3. The van der Waals surface area contributed by atoms with Gasteiger partial charge in [-0.2, -0.15) is 0 Å². The van der Waals surface area contributed by atoms with Crippen LogP contribution in [0.2, 0.25) is 0 Å². The first-order chi connectivity index (χ1) is 15.0. The van der Waals surface area contributed by atoms with Gasteiger partial charge >= 0.3 is 5.97 Å². The number of carboxylic acids is 1. The fourth-order valence-corrected chi connectivity index (χ4v) is 3.88. The predicted octanol–water partition coefficient (Wildman–Crippen LogP) is 3.84. The maximum Gasteiger partial charge on any atom is 0.335 e. The number of nitrogens with zero attached hydrogens (tertiary/aromatic N) is 1. The van der Waals surface area contributed by atoms with Crippen molar-refractivity contribution in [1.82, 2.24) is 5.32 Å². The summed E-state index contributed by atoms with van der Waals surface area (Å²) < 4.78 is 0. The molecule has 1 aliphatic rings. The number of carbonyl (C=O) groups is 2. The molecule has 3 aromatic rings. The highest BCUT2D eigenvalue weighted by atomic mass is 16.4. The van der Waals surface area contributed by atoms with Gasteiger partial charge in [-0.05, 0) is 47.0 Å². The SMILES string of the molecule is O=C(CCc1ccc2cc(O)ccc2c1)NC1=C(C(=O)O)CN(c2ccccc2)CC1. The average molecular weight is 416 g/mol. The normalized spacial score (nSPS) is 14.0. The second-order valence-corrected chi connectivity index (χ2v) is 7.68. The highest BCUT2D eigenvalue weighted by Gasteiger charge is 2.25. The van der Waals surface area contributed by atoms with Crippen LogP contribution in [-0.2, 0) is 16.0 Å². The van der Waals surface area contributed by atoms with Crippen LogP contribution in [0.5, 0.6) is 5.75 Å². The van der Waals surface area contributed by atoms with Gasteiger partial charge < -0.3 is 20.4 Å². The standard InChI is InChI=1S/C25H24N2O4/c28-21-10-9-18-14-17(6-8-19(18)15-21)7-11-24(29)26-23-12-13-27(16-22(23)25(30)31)20-4-2-1-3-5-20/h1-6,8-10,14-15,28H,7,11-13,16H2,(H,26,29)(H,30,31). The van der Waals surface area contributed by atoms with E-state index in [4.69, 9.17) is 0 Å². The third-order valence-corrected chi connectivity index (χ3v) is 5.54. The largest absolute Gasteiger partial charge is 0.508 e. The van der Waals surface area contributed by atoms with Crippen LogP contribution >= 0.6 is 0 Å². The zero-order chi connectivity index (χ0) is 21.8. The number of hydrogen-bond donors (Lipinski definition) is 3. The minimum Gasteiger partial charge on any atom is -0.508 e. The number of nitrogens with one attached hydrogen (secondary N) is 1. The summed E-state index contributed by atoms with van der Waals surface area (Å²) in [4.78, 5) is 26.3. The number of phenolic OH excluding ortho intramolecular Hbond substituents is 1. The van der Waals surface area contributed by atoms with Crippen LogP contribution in [0.15, 0.2) is 78.0 Å². The van der Waals surface area contributed by atoms with E-state index >= 15 is 0 Å². The number of aliphatic carboxylic acids is 1. The molecule has 0 aliphatic carbocycles. The van der Waals surface area contributed by atoms with Gasteiger partial charge in [0.1, 0.15) is 5.75 Å². The Morgan fingerprint density at radius 1 is 0.968 bits per heavy atom. The van der Waals surface area contributed by atoms with Gasteiger partial charge in [0.15, 0.2) is 0 Å². The molecule has 158 valence electrons. The second-order valence-electron chi connectivity index (χ2n) is 7.68. The summed E-state index contributed by atoms with van der Waals surface area (Å²) in [6.07, 6.45) is 1.29. The molecule has 0 fully saturated rings. The van der Waals surface area contributed by atoms with Crippen molar-refractivity contribution in [1.29, 1.82) is 0 Å². The number of rotatable bonds is 6. The molecule has 1 amide bonds. The van der Waals surface area contributed by atoms with Crippen LogP contribution in [-0.4, -0.2) is 35.2 Å². The predicted molar refractivity (Wildman–Crippen MR) is 120 cm³/mol. The van der Waals surface area contributed by atoms with Crippen molar-refractivity contribution in [3.8, 4) is 5.75 Å². The van der Waals surface area contributed by atoms with Crippen molar-refractivity contribution in [2.24, 2.45) is 0 Å². The van der Waals surface area contributed by atoms with Crippen LogP contribution < -0.4 is 10.2 Å². The van der Waals surface area contributed by atoms with E-state index in [9.17, 15) is 19.8 Å². The van der Waals surface area contributed by atoms with Gasteiger partial charge in [-0.25, -0.2) is 4.79 Å². The number of carboxylic acid groups (broad SMARTS) is 1. The Hall–Kier alpha value is -3.80. The number of anilines is 1. The number of aromatic hydroxyl groups is 1. The van der Waals surface area contributed by atoms with Crippen molar-refractivity contribution in [3.63, 3.8) is 0 Å². The van der Waals surface area contributed by atoms with E-state index in [-0.39, 0.29) is 30.2 Å².